The molecule has 44 heavy (non-hydrogen) atoms. The van der Waals surface area contributed by atoms with Crippen molar-refractivity contribution in [3.8, 4) is 0 Å². The third kappa shape index (κ3) is 4.72. The molecule has 0 spiro atoms. The van der Waals surface area contributed by atoms with E-state index in [-0.39, 0.29) is 21.7 Å². The molecule has 3 aromatic heterocycles. The fraction of sp³-hybridized carbons (Fsp3) is 0.400. The average Bonchev–Trinajstić information content (AvgIpc) is 2.90. The Labute approximate surface area is 269 Å². The fourth-order valence-corrected chi connectivity index (χ4v) is 8.64. The smallest absolute Gasteiger partial charge is 0.0640 e. The van der Waals surface area contributed by atoms with E-state index in [1.807, 2.05) is 22.7 Å². The zero-order valence-corrected chi connectivity index (χ0v) is 30.1. The SMILES string of the molecule is CC(C)(C)c1cc2sc3cc(C(C)(C)C)cc4c5cc(C(C)(C)C)cc6sc7cc(C(C)(C)C)cc(c(c1)c2[nH]c34)c7[nH]c65. The molecule has 3 heterocycles. The molecule has 4 heteroatoms. The summed E-state index contributed by atoms with van der Waals surface area (Å²) in [5.41, 5.74) is 10.4. The van der Waals surface area contributed by atoms with Crippen LogP contribution in [-0.2, 0) is 21.7 Å². The zero-order valence-electron chi connectivity index (χ0n) is 28.4. The summed E-state index contributed by atoms with van der Waals surface area (Å²) in [7, 11) is 0. The number of hydrogen-bond acceptors (Lipinski definition) is 2. The summed E-state index contributed by atoms with van der Waals surface area (Å²) in [4.78, 5) is 8.17. The molecular formula is C40H46N2S2. The molecular weight excluding hydrogens is 573 g/mol. The highest BCUT2D eigenvalue weighted by Gasteiger charge is 2.24. The third-order valence-electron chi connectivity index (χ3n) is 9.39. The van der Waals surface area contributed by atoms with Crippen LogP contribution in [0.4, 0.5) is 0 Å². The molecule has 0 aliphatic carbocycles. The lowest BCUT2D eigenvalue weighted by atomic mass is 9.84. The van der Waals surface area contributed by atoms with E-state index in [9.17, 15) is 0 Å². The maximum absolute atomic E-state index is 4.09. The van der Waals surface area contributed by atoms with Crippen molar-refractivity contribution in [3.63, 3.8) is 0 Å². The first-order chi connectivity index (χ1) is 20.3. The van der Waals surface area contributed by atoms with Crippen molar-refractivity contribution in [1.82, 2.24) is 9.97 Å². The van der Waals surface area contributed by atoms with Crippen molar-refractivity contribution >= 4 is 85.1 Å². The summed E-state index contributed by atoms with van der Waals surface area (Å²) in [5.74, 6) is 0. The molecule has 2 N–H and O–H groups in total. The highest BCUT2D eigenvalue weighted by Crippen LogP contribution is 2.44. The number of benzene rings is 4. The summed E-state index contributed by atoms with van der Waals surface area (Å²) < 4.78 is 5.22. The van der Waals surface area contributed by atoms with Crippen LogP contribution in [0.15, 0.2) is 48.5 Å². The van der Waals surface area contributed by atoms with Gasteiger partial charge in [-0.2, -0.15) is 0 Å². The Morgan fingerprint density at radius 3 is 0.727 bits per heavy atom. The first-order valence-corrected chi connectivity index (χ1v) is 17.6. The Kier molecular flexibility index (Phi) is 6.22. The minimum atomic E-state index is 0.0209. The van der Waals surface area contributed by atoms with Gasteiger partial charge >= 0.3 is 0 Å². The van der Waals surface area contributed by atoms with Crippen LogP contribution in [0.3, 0.4) is 0 Å². The standard InChI is InChI=1S/C40H46N2S2/c1-37(2,3)21-13-25-26-14-22(38(4,5)6)19-31-34(26)42-36-28(16-24(40(10,11)12)20-32(36)44-31)27-15-23(39(7,8)9)18-30-35(27)41-33(25)29(17-21)43-30/h13-20,41-42H,1-12H3. The molecule has 0 radical (unpaired) electrons. The van der Waals surface area contributed by atoms with Gasteiger partial charge in [-0.3, -0.25) is 0 Å². The van der Waals surface area contributed by atoms with Crippen LogP contribution in [0.2, 0.25) is 0 Å². The predicted molar refractivity (Wildman–Crippen MR) is 200 cm³/mol. The van der Waals surface area contributed by atoms with Gasteiger partial charge in [0, 0.05) is 21.5 Å². The van der Waals surface area contributed by atoms with E-state index < -0.39 is 0 Å². The van der Waals surface area contributed by atoms with Gasteiger partial charge in [0.15, 0.2) is 0 Å². The van der Waals surface area contributed by atoms with Crippen molar-refractivity contribution in [2.24, 2.45) is 0 Å². The molecule has 228 valence electrons. The van der Waals surface area contributed by atoms with Gasteiger partial charge in [-0.05, 0) is 92.4 Å². The second-order valence-electron chi connectivity index (χ2n) is 17.0. The molecule has 4 aromatic carbocycles. The molecule has 0 saturated heterocycles. The van der Waals surface area contributed by atoms with Crippen LogP contribution in [0.5, 0.6) is 0 Å². The minimum Gasteiger partial charge on any atom is -0.352 e. The lowest BCUT2D eigenvalue weighted by Gasteiger charge is -2.25. The molecule has 0 atom stereocenters. The Morgan fingerprint density at radius 2 is 0.545 bits per heavy atom. The molecule has 0 aliphatic heterocycles. The van der Waals surface area contributed by atoms with E-state index in [1.165, 1.54) is 84.7 Å². The van der Waals surface area contributed by atoms with Gasteiger partial charge in [-0.15, -0.1) is 22.7 Å². The maximum atomic E-state index is 4.09. The van der Waals surface area contributed by atoms with E-state index in [1.54, 1.807) is 0 Å². The molecule has 2 nitrogen and oxygen atoms in total. The number of nitrogens with one attached hydrogen (secondary N) is 2. The van der Waals surface area contributed by atoms with Crippen molar-refractivity contribution in [2.75, 3.05) is 0 Å². The number of H-pyrrole nitrogens is 2. The van der Waals surface area contributed by atoms with E-state index >= 15 is 0 Å². The molecule has 7 rings (SSSR count). The topological polar surface area (TPSA) is 31.6 Å². The van der Waals surface area contributed by atoms with Gasteiger partial charge in [0.1, 0.15) is 0 Å². The van der Waals surface area contributed by atoms with Crippen LogP contribution >= 0.6 is 22.7 Å². The van der Waals surface area contributed by atoms with E-state index in [0.717, 1.165) is 0 Å². The predicted octanol–water partition coefficient (Wildman–Crippen LogP) is 13.1. The van der Waals surface area contributed by atoms with Gasteiger partial charge in [0.05, 0.1) is 40.9 Å². The molecule has 7 aromatic rings. The van der Waals surface area contributed by atoms with Gasteiger partial charge in [0.25, 0.3) is 0 Å². The van der Waals surface area contributed by atoms with Crippen LogP contribution in [0.25, 0.3) is 62.4 Å². The molecule has 0 fully saturated rings. The van der Waals surface area contributed by atoms with Crippen molar-refractivity contribution in [2.45, 2.75) is 105 Å². The summed E-state index contributed by atoms with van der Waals surface area (Å²) in [5, 5.41) is 5.13. The van der Waals surface area contributed by atoms with Crippen molar-refractivity contribution < 1.29 is 0 Å². The summed E-state index contributed by atoms with van der Waals surface area (Å²) in [6.45, 7) is 28.0. The average molecular weight is 619 g/mol. The summed E-state index contributed by atoms with van der Waals surface area (Å²) in [6, 6.07) is 19.5. The number of rotatable bonds is 0. The Balaban J connectivity index is 1.88. The first-order valence-electron chi connectivity index (χ1n) is 15.9. The highest BCUT2D eigenvalue weighted by molar-refractivity contribution is 7.25. The second-order valence-corrected chi connectivity index (χ2v) is 19.2. The van der Waals surface area contributed by atoms with Crippen LogP contribution in [-0.4, -0.2) is 9.97 Å². The monoisotopic (exact) mass is 618 g/mol. The maximum Gasteiger partial charge on any atom is 0.0640 e. The lowest BCUT2D eigenvalue weighted by molar-refractivity contribution is 0.591. The zero-order chi connectivity index (χ0) is 31.7. The minimum absolute atomic E-state index is 0.0209. The molecule has 0 amide bonds. The number of aromatic amines is 2. The number of aromatic nitrogens is 2. The number of fused-ring (bicyclic) bond motifs is 2. The fourth-order valence-electron chi connectivity index (χ4n) is 6.37. The largest absolute Gasteiger partial charge is 0.352 e. The summed E-state index contributed by atoms with van der Waals surface area (Å²) >= 11 is 3.87. The third-order valence-corrected chi connectivity index (χ3v) is 11.6. The normalized spacial score (nSPS) is 13.9. The van der Waals surface area contributed by atoms with Crippen LogP contribution in [0, 0.1) is 0 Å². The van der Waals surface area contributed by atoms with Gasteiger partial charge in [-0.25, -0.2) is 0 Å². The van der Waals surface area contributed by atoms with Gasteiger partial charge in [-0.1, -0.05) is 83.1 Å². The Morgan fingerprint density at radius 1 is 0.341 bits per heavy atom. The van der Waals surface area contributed by atoms with Crippen molar-refractivity contribution in [3.05, 3.63) is 70.8 Å². The molecule has 0 saturated carbocycles. The molecule has 0 aliphatic rings. The molecule has 4 bridgehead atoms. The van der Waals surface area contributed by atoms with Gasteiger partial charge < -0.3 is 9.97 Å². The van der Waals surface area contributed by atoms with Crippen molar-refractivity contribution in [1.29, 1.82) is 0 Å². The second kappa shape index (κ2) is 9.23. The van der Waals surface area contributed by atoms with E-state index in [4.69, 9.17) is 0 Å². The Hall–Kier alpha value is -3.08. The van der Waals surface area contributed by atoms with Gasteiger partial charge in [0.2, 0.25) is 0 Å². The first kappa shape index (κ1) is 29.6. The quantitative estimate of drug-likeness (QED) is 0.158. The van der Waals surface area contributed by atoms with E-state index in [2.05, 4.69) is 142 Å². The van der Waals surface area contributed by atoms with Crippen LogP contribution < -0.4 is 0 Å². The number of hydrogen-bond donors (Lipinski definition) is 2. The van der Waals surface area contributed by atoms with E-state index in [0.29, 0.717) is 0 Å². The Bertz CT molecular complexity index is 1980. The molecule has 0 unspecified atom stereocenters. The lowest BCUT2D eigenvalue weighted by Crippen LogP contribution is -2.12. The highest BCUT2D eigenvalue weighted by atomic mass is 32.1. The van der Waals surface area contributed by atoms with Crippen LogP contribution in [0.1, 0.15) is 105 Å². The summed E-state index contributed by atoms with van der Waals surface area (Å²) in [6.07, 6.45) is 0.